The second kappa shape index (κ2) is 8.17. The highest BCUT2D eigenvalue weighted by atomic mass is 32.2. The van der Waals surface area contributed by atoms with Crippen LogP contribution in [0, 0.1) is 0 Å². The Morgan fingerprint density at radius 1 is 1.04 bits per heavy atom. The fourth-order valence-electron chi connectivity index (χ4n) is 2.45. The van der Waals surface area contributed by atoms with Gasteiger partial charge < -0.3 is 9.84 Å². The molecule has 6 heteroatoms. The number of phenols is 1. The van der Waals surface area contributed by atoms with Gasteiger partial charge in [0.15, 0.2) is 0 Å². The lowest BCUT2D eigenvalue weighted by molar-refractivity contribution is 0.430. The molecule has 2 rings (SSSR count). The van der Waals surface area contributed by atoms with Gasteiger partial charge in [0.1, 0.15) is 22.1 Å². The molecule has 0 fully saturated rings. The minimum atomic E-state index is -4.49. The predicted octanol–water partition coefficient (Wildman–Crippen LogP) is 4.55. The van der Waals surface area contributed by atoms with E-state index in [1.165, 1.54) is 12.1 Å². The number of hydrogen-bond acceptors (Lipinski definition) is 4. The van der Waals surface area contributed by atoms with E-state index < -0.39 is 20.8 Å². The van der Waals surface area contributed by atoms with E-state index in [0.717, 1.165) is 25.7 Å². The lowest BCUT2D eigenvalue weighted by atomic mass is 10.0. The van der Waals surface area contributed by atoms with Crippen molar-refractivity contribution in [1.29, 1.82) is 0 Å². The molecule has 0 bridgehead atoms. The minimum Gasteiger partial charge on any atom is -0.506 e. The summed E-state index contributed by atoms with van der Waals surface area (Å²) in [6.07, 6.45) is 4.68. The number of hydrogen-bond donors (Lipinski definition) is 2. The number of para-hydroxylation sites is 1. The van der Waals surface area contributed by atoms with Gasteiger partial charge in [-0.15, -0.1) is 0 Å². The molecule has 2 N–H and O–H groups in total. The zero-order valence-electron chi connectivity index (χ0n) is 13.6. The number of phenolic OH excluding ortho intramolecular Hbond substituents is 1. The van der Waals surface area contributed by atoms with Crippen molar-refractivity contribution in [2.24, 2.45) is 0 Å². The van der Waals surface area contributed by atoms with Crippen LogP contribution in [0.4, 0.5) is 0 Å². The average molecular weight is 350 g/mol. The Hall–Kier alpha value is -2.05. The number of rotatable bonds is 8. The Kier molecular flexibility index (Phi) is 6.23. The summed E-state index contributed by atoms with van der Waals surface area (Å²) in [6.45, 7) is 2.11. The van der Waals surface area contributed by atoms with E-state index in [4.69, 9.17) is 4.74 Å². The summed E-state index contributed by atoms with van der Waals surface area (Å²) >= 11 is 0. The highest BCUT2D eigenvalue weighted by Gasteiger charge is 2.19. The lowest BCUT2D eigenvalue weighted by Crippen LogP contribution is -2.02. The first-order valence-corrected chi connectivity index (χ1v) is 9.42. The largest absolute Gasteiger partial charge is 0.506 e. The van der Waals surface area contributed by atoms with Gasteiger partial charge in [-0.3, -0.25) is 4.55 Å². The minimum absolute atomic E-state index is 0.391. The number of aryl methyl sites for hydroxylation is 1. The van der Waals surface area contributed by atoms with E-state index in [-0.39, 0.29) is 0 Å². The van der Waals surface area contributed by atoms with Crippen LogP contribution in [0.25, 0.3) is 0 Å². The van der Waals surface area contributed by atoms with Crippen LogP contribution >= 0.6 is 0 Å². The topological polar surface area (TPSA) is 83.8 Å². The molecule has 2 aromatic rings. The Labute approximate surface area is 142 Å². The lowest BCUT2D eigenvalue weighted by Gasteiger charge is -2.14. The molecule has 0 aliphatic carbocycles. The number of unbranched alkanes of at least 4 members (excludes halogenated alkanes) is 3. The highest BCUT2D eigenvalue weighted by molar-refractivity contribution is 7.86. The smallest absolute Gasteiger partial charge is 0.298 e. The van der Waals surface area contributed by atoms with Crippen LogP contribution in [0.3, 0.4) is 0 Å². The monoisotopic (exact) mass is 350 g/mol. The standard InChI is InChI=1S/C18H22O5S/c1-2-3-4-6-9-14-12-18(24(20,21)22)16(19)13-17(14)23-15-10-7-5-8-11-15/h5,7-8,10-13,19H,2-4,6,9H2,1H3,(H,20,21,22). The summed E-state index contributed by atoms with van der Waals surface area (Å²) < 4.78 is 37.8. The molecule has 0 atom stereocenters. The summed E-state index contributed by atoms with van der Waals surface area (Å²) in [7, 11) is -4.49. The average Bonchev–Trinajstić information content (AvgIpc) is 2.53. The Bertz CT molecular complexity index is 769. The first-order valence-electron chi connectivity index (χ1n) is 7.98. The predicted molar refractivity (Wildman–Crippen MR) is 92.3 cm³/mol. The van der Waals surface area contributed by atoms with Crippen molar-refractivity contribution in [3.05, 3.63) is 48.0 Å². The summed E-state index contributed by atoms with van der Waals surface area (Å²) in [5.41, 5.74) is 0.639. The third kappa shape index (κ3) is 4.97. The van der Waals surface area contributed by atoms with E-state index in [1.807, 2.05) is 18.2 Å². The summed E-state index contributed by atoms with van der Waals surface area (Å²) in [5.74, 6) is 0.453. The quantitative estimate of drug-likeness (QED) is 0.539. The van der Waals surface area contributed by atoms with Crippen molar-refractivity contribution in [1.82, 2.24) is 0 Å². The number of benzene rings is 2. The molecule has 2 aromatic carbocycles. The maximum absolute atomic E-state index is 11.4. The second-order valence-electron chi connectivity index (χ2n) is 5.63. The van der Waals surface area contributed by atoms with Crippen molar-refractivity contribution in [3.8, 4) is 17.2 Å². The second-order valence-corrected chi connectivity index (χ2v) is 7.02. The Balaban J connectivity index is 2.34. The molecule has 0 aliphatic rings. The van der Waals surface area contributed by atoms with Gasteiger partial charge in [0, 0.05) is 6.07 Å². The van der Waals surface area contributed by atoms with E-state index in [0.29, 0.717) is 23.5 Å². The molecule has 0 amide bonds. The summed E-state index contributed by atoms with van der Waals surface area (Å²) in [4.78, 5) is -0.492. The summed E-state index contributed by atoms with van der Waals surface area (Å²) in [5, 5.41) is 9.92. The zero-order valence-corrected chi connectivity index (χ0v) is 14.4. The van der Waals surface area contributed by atoms with Gasteiger partial charge in [0.25, 0.3) is 10.1 Å². The van der Waals surface area contributed by atoms with Crippen LogP contribution in [0.15, 0.2) is 47.4 Å². The molecule has 0 unspecified atom stereocenters. The maximum Gasteiger partial charge on any atom is 0.298 e. The first-order chi connectivity index (χ1) is 11.4. The first kappa shape index (κ1) is 18.3. The van der Waals surface area contributed by atoms with Gasteiger partial charge in [-0.25, -0.2) is 0 Å². The molecule has 0 aromatic heterocycles. The molecule has 0 radical (unpaired) electrons. The SMILES string of the molecule is CCCCCCc1cc(S(=O)(=O)O)c(O)cc1Oc1ccccc1. The molecule has 0 heterocycles. The molecule has 0 aliphatic heterocycles. The van der Waals surface area contributed by atoms with Crippen LogP contribution < -0.4 is 4.74 Å². The molecule has 5 nitrogen and oxygen atoms in total. The zero-order chi connectivity index (χ0) is 17.6. The van der Waals surface area contributed by atoms with Crippen LogP contribution in [-0.2, 0) is 16.5 Å². The van der Waals surface area contributed by atoms with Gasteiger partial charge in [-0.2, -0.15) is 8.42 Å². The highest BCUT2D eigenvalue weighted by Crippen LogP contribution is 2.35. The number of aromatic hydroxyl groups is 1. The third-order valence-electron chi connectivity index (χ3n) is 3.69. The van der Waals surface area contributed by atoms with Crippen molar-refractivity contribution in [3.63, 3.8) is 0 Å². The molecule has 0 spiro atoms. The Morgan fingerprint density at radius 3 is 2.38 bits per heavy atom. The molecular weight excluding hydrogens is 328 g/mol. The van der Waals surface area contributed by atoms with Crippen molar-refractivity contribution in [2.45, 2.75) is 43.9 Å². The normalized spacial score (nSPS) is 11.4. The van der Waals surface area contributed by atoms with Crippen LogP contribution in [0.1, 0.15) is 38.2 Å². The molecule has 24 heavy (non-hydrogen) atoms. The summed E-state index contributed by atoms with van der Waals surface area (Å²) in [6, 6.07) is 11.6. The van der Waals surface area contributed by atoms with Gasteiger partial charge >= 0.3 is 0 Å². The molecule has 130 valence electrons. The fourth-order valence-corrected chi connectivity index (χ4v) is 3.06. The van der Waals surface area contributed by atoms with Crippen molar-refractivity contribution >= 4 is 10.1 Å². The van der Waals surface area contributed by atoms with Crippen molar-refractivity contribution < 1.29 is 22.8 Å². The van der Waals surface area contributed by atoms with Crippen molar-refractivity contribution in [2.75, 3.05) is 0 Å². The Morgan fingerprint density at radius 2 is 1.75 bits per heavy atom. The van der Waals surface area contributed by atoms with E-state index in [9.17, 15) is 18.1 Å². The van der Waals surface area contributed by atoms with Crippen LogP contribution in [0.5, 0.6) is 17.2 Å². The van der Waals surface area contributed by atoms with Crippen LogP contribution in [0.2, 0.25) is 0 Å². The molecule has 0 saturated heterocycles. The maximum atomic E-state index is 11.4. The van der Waals surface area contributed by atoms with E-state index in [2.05, 4.69) is 6.92 Å². The third-order valence-corrected chi connectivity index (χ3v) is 4.57. The molecular formula is C18H22O5S. The fraction of sp³-hybridized carbons (Fsp3) is 0.333. The van der Waals surface area contributed by atoms with Crippen LogP contribution in [-0.4, -0.2) is 18.1 Å². The number of ether oxygens (including phenoxy) is 1. The molecule has 0 saturated carbocycles. The van der Waals surface area contributed by atoms with E-state index in [1.54, 1.807) is 12.1 Å². The van der Waals surface area contributed by atoms with Gasteiger partial charge in [-0.05, 0) is 36.6 Å². The van der Waals surface area contributed by atoms with E-state index >= 15 is 0 Å². The van der Waals surface area contributed by atoms with Gasteiger partial charge in [-0.1, -0.05) is 44.4 Å². The van der Waals surface area contributed by atoms with Gasteiger partial charge in [0.05, 0.1) is 0 Å². The van der Waals surface area contributed by atoms with Gasteiger partial charge in [0.2, 0.25) is 0 Å².